The molecule has 172 valence electrons. The number of nitrogens with one attached hydrogen (secondary N) is 1. The summed E-state index contributed by atoms with van der Waals surface area (Å²) in [4.78, 5) is 31.6. The molecule has 2 aliphatic heterocycles. The largest absolute Gasteiger partial charge is 0.383 e. The summed E-state index contributed by atoms with van der Waals surface area (Å²) in [6, 6.07) is 15.4. The Bertz CT molecular complexity index is 1180. The van der Waals surface area contributed by atoms with E-state index >= 15 is 0 Å². The van der Waals surface area contributed by atoms with Crippen LogP contribution >= 0.6 is 0 Å². The van der Waals surface area contributed by atoms with Crippen molar-refractivity contribution in [1.82, 2.24) is 19.7 Å². The Kier molecular flexibility index (Phi) is 5.91. The van der Waals surface area contributed by atoms with E-state index in [1.54, 1.807) is 7.11 Å². The molecule has 7 nitrogen and oxygen atoms in total. The Hall–Kier alpha value is -3.16. The van der Waals surface area contributed by atoms with Crippen LogP contribution in [-0.2, 0) is 16.6 Å². The molecule has 7 heteroatoms. The Labute approximate surface area is 193 Å². The van der Waals surface area contributed by atoms with Crippen LogP contribution in [0.4, 0.5) is 0 Å². The lowest BCUT2D eigenvalue weighted by molar-refractivity contribution is -0.135. The fourth-order valence-electron chi connectivity index (χ4n) is 5.33. The van der Waals surface area contributed by atoms with Crippen LogP contribution in [-0.4, -0.2) is 72.6 Å². The number of carbonyl (C=O) groups excluding carboxylic acids is 2. The monoisotopic (exact) mass is 446 g/mol. The number of ether oxygens (including phenoxy) is 1. The van der Waals surface area contributed by atoms with Crippen LogP contribution < -0.4 is 5.32 Å². The maximum atomic E-state index is 14.1. The normalized spacial score (nSPS) is 20.8. The van der Waals surface area contributed by atoms with Crippen LogP contribution in [0.1, 0.15) is 33.4 Å². The van der Waals surface area contributed by atoms with Crippen molar-refractivity contribution in [3.63, 3.8) is 0 Å². The molecule has 33 heavy (non-hydrogen) atoms. The Morgan fingerprint density at radius 1 is 1.06 bits per heavy atom. The zero-order chi connectivity index (χ0) is 22.9. The van der Waals surface area contributed by atoms with Gasteiger partial charge in [-0.25, -0.2) is 0 Å². The van der Waals surface area contributed by atoms with Crippen molar-refractivity contribution in [3.05, 3.63) is 71.4 Å². The smallest absolute Gasteiger partial charge is 0.254 e. The van der Waals surface area contributed by atoms with Crippen molar-refractivity contribution in [3.8, 4) is 0 Å². The van der Waals surface area contributed by atoms with Crippen LogP contribution in [0, 0.1) is 0 Å². The van der Waals surface area contributed by atoms with Crippen LogP contribution in [0.3, 0.4) is 0 Å². The number of piperazine rings is 1. The third-order valence-corrected chi connectivity index (χ3v) is 6.92. The minimum atomic E-state index is -0.473. The van der Waals surface area contributed by atoms with E-state index in [2.05, 4.69) is 28.2 Å². The van der Waals surface area contributed by atoms with E-state index in [1.165, 1.54) is 0 Å². The fraction of sp³-hybridized carbons (Fsp3) is 0.385. The van der Waals surface area contributed by atoms with E-state index < -0.39 is 12.0 Å². The zero-order valence-electron chi connectivity index (χ0n) is 19.2. The average Bonchev–Trinajstić information content (AvgIpc) is 3.19. The SMILES string of the molecule is COCCN1C(=O)c2ccccc2C(C(=O)N2CCNCC2)C1c1cn(C)c2ccccc12. The number of aromatic nitrogens is 1. The summed E-state index contributed by atoms with van der Waals surface area (Å²) in [5.74, 6) is -0.443. The molecule has 2 atom stereocenters. The number of para-hydroxylation sites is 1. The lowest BCUT2D eigenvalue weighted by atomic mass is 9.78. The molecule has 2 aromatic carbocycles. The highest BCUT2D eigenvalue weighted by Gasteiger charge is 2.46. The standard InChI is InChI=1S/C26H30N4O3/c1-28-17-21(18-7-5-6-10-22(18)28)24-23(26(32)29-13-11-27-12-14-29)19-8-3-4-9-20(19)25(31)30(24)15-16-33-2/h3-10,17,23-24,27H,11-16H2,1-2H3. The third-order valence-electron chi connectivity index (χ3n) is 6.92. The summed E-state index contributed by atoms with van der Waals surface area (Å²) in [5, 5.41) is 4.39. The maximum absolute atomic E-state index is 14.1. The van der Waals surface area contributed by atoms with Gasteiger partial charge in [0, 0.05) is 75.1 Å². The molecule has 0 bridgehead atoms. The molecule has 1 fully saturated rings. The number of nitrogens with zero attached hydrogens (tertiary/aromatic N) is 3. The van der Waals surface area contributed by atoms with Crippen molar-refractivity contribution >= 4 is 22.7 Å². The first kappa shape index (κ1) is 21.7. The van der Waals surface area contributed by atoms with Gasteiger partial charge in [0.15, 0.2) is 0 Å². The number of fused-ring (bicyclic) bond motifs is 2. The average molecular weight is 447 g/mol. The van der Waals surface area contributed by atoms with E-state index in [0.717, 1.165) is 35.1 Å². The highest BCUT2D eigenvalue weighted by Crippen LogP contribution is 2.45. The molecule has 0 radical (unpaired) electrons. The van der Waals surface area contributed by atoms with Crippen molar-refractivity contribution in [2.24, 2.45) is 7.05 Å². The molecule has 2 amide bonds. The molecule has 5 rings (SSSR count). The summed E-state index contributed by atoms with van der Waals surface area (Å²) in [7, 11) is 3.65. The lowest BCUT2D eigenvalue weighted by Gasteiger charge is -2.43. The van der Waals surface area contributed by atoms with Crippen molar-refractivity contribution in [2.75, 3.05) is 46.4 Å². The number of aryl methyl sites for hydroxylation is 1. The van der Waals surface area contributed by atoms with Crippen LogP contribution in [0.15, 0.2) is 54.7 Å². The number of benzene rings is 2. The highest BCUT2D eigenvalue weighted by molar-refractivity contribution is 6.02. The molecular weight excluding hydrogens is 416 g/mol. The van der Waals surface area contributed by atoms with E-state index in [-0.39, 0.29) is 11.8 Å². The quantitative estimate of drug-likeness (QED) is 0.654. The summed E-state index contributed by atoms with van der Waals surface area (Å²) in [6.07, 6.45) is 2.08. The van der Waals surface area contributed by atoms with E-state index in [0.29, 0.717) is 31.8 Å². The predicted molar refractivity (Wildman–Crippen MR) is 127 cm³/mol. The summed E-state index contributed by atoms with van der Waals surface area (Å²) < 4.78 is 7.45. The number of hydrogen-bond donors (Lipinski definition) is 1. The molecule has 1 saturated heterocycles. The fourth-order valence-corrected chi connectivity index (χ4v) is 5.33. The number of methoxy groups -OCH3 is 1. The van der Waals surface area contributed by atoms with E-state index in [4.69, 9.17) is 4.74 Å². The Balaban J connectivity index is 1.71. The first-order valence-electron chi connectivity index (χ1n) is 11.5. The summed E-state index contributed by atoms with van der Waals surface area (Å²) in [6.45, 7) is 3.74. The molecule has 0 aliphatic carbocycles. The van der Waals surface area contributed by atoms with Gasteiger partial charge in [-0.1, -0.05) is 36.4 Å². The van der Waals surface area contributed by atoms with Crippen molar-refractivity contribution in [2.45, 2.75) is 12.0 Å². The molecule has 2 unspecified atom stereocenters. The minimum absolute atomic E-state index is 0.0510. The predicted octanol–water partition coefficient (Wildman–Crippen LogP) is 2.54. The molecule has 2 aliphatic rings. The lowest BCUT2D eigenvalue weighted by Crippen LogP contribution is -2.52. The van der Waals surface area contributed by atoms with Gasteiger partial charge in [-0.05, 0) is 17.7 Å². The van der Waals surface area contributed by atoms with Gasteiger partial charge in [-0.3, -0.25) is 9.59 Å². The molecular formula is C26H30N4O3. The van der Waals surface area contributed by atoms with Gasteiger partial charge < -0.3 is 24.4 Å². The van der Waals surface area contributed by atoms with Crippen LogP contribution in [0.5, 0.6) is 0 Å². The van der Waals surface area contributed by atoms with Crippen LogP contribution in [0.25, 0.3) is 10.9 Å². The first-order chi connectivity index (χ1) is 16.1. The molecule has 0 saturated carbocycles. The van der Waals surface area contributed by atoms with Gasteiger partial charge in [0.05, 0.1) is 18.6 Å². The second-order valence-corrected chi connectivity index (χ2v) is 8.79. The van der Waals surface area contributed by atoms with E-state index in [1.807, 2.05) is 53.2 Å². The van der Waals surface area contributed by atoms with Crippen molar-refractivity contribution < 1.29 is 14.3 Å². The number of rotatable bonds is 5. The van der Waals surface area contributed by atoms with Gasteiger partial charge in [-0.15, -0.1) is 0 Å². The first-order valence-corrected chi connectivity index (χ1v) is 11.5. The van der Waals surface area contributed by atoms with Crippen molar-refractivity contribution in [1.29, 1.82) is 0 Å². The molecule has 0 spiro atoms. The minimum Gasteiger partial charge on any atom is -0.383 e. The Morgan fingerprint density at radius 2 is 1.79 bits per heavy atom. The second-order valence-electron chi connectivity index (χ2n) is 8.79. The topological polar surface area (TPSA) is 66.8 Å². The summed E-state index contributed by atoms with van der Waals surface area (Å²) >= 11 is 0. The van der Waals surface area contributed by atoms with Gasteiger partial charge in [0.25, 0.3) is 5.91 Å². The van der Waals surface area contributed by atoms with Gasteiger partial charge in [0.2, 0.25) is 5.91 Å². The molecule has 1 N–H and O–H groups in total. The van der Waals surface area contributed by atoms with Crippen LogP contribution in [0.2, 0.25) is 0 Å². The number of amides is 2. The highest BCUT2D eigenvalue weighted by atomic mass is 16.5. The van der Waals surface area contributed by atoms with Gasteiger partial charge >= 0.3 is 0 Å². The third kappa shape index (κ3) is 3.71. The second kappa shape index (κ2) is 9.00. The summed E-state index contributed by atoms with van der Waals surface area (Å²) in [5.41, 5.74) is 3.51. The maximum Gasteiger partial charge on any atom is 0.254 e. The van der Waals surface area contributed by atoms with E-state index in [9.17, 15) is 9.59 Å². The number of carbonyl (C=O) groups is 2. The molecule has 1 aromatic heterocycles. The van der Waals surface area contributed by atoms with Gasteiger partial charge in [-0.2, -0.15) is 0 Å². The molecule has 3 heterocycles. The molecule has 3 aromatic rings. The Morgan fingerprint density at radius 3 is 2.58 bits per heavy atom. The van der Waals surface area contributed by atoms with Gasteiger partial charge in [0.1, 0.15) is 0 Å². The number of hydrogen-bond acceptors (Lipinski definition) is 4. The zero-order valence-corrected chi connectivity index (χ0v) is 19.2.